The van der Waals surface area contributed by atoms with Crippen molar-refractivity contribution >= 4 is 5.96 Å². The van der Waals surface area contributed by atoms with Gasteiger partial charge in [0.05, 0.1) is 6.54 Å². The Morgan fingerprint density at radius 3 is 2.67 bits per heavy atom. The molecule has 0 amide bonds. The highest BCUT2D eigenvalue weighted by molar-refractivity contribution is 5.79. The standard InChI is InChI=1S/C21H24FN5/c1-23-21(26(2)15-18-9-6-10-19(22)13-18)25-14-20-24-11-12-27(20)16-17-7-4-3-5-8-17/h3-13H,14-16H2,1-2H3,(H,23,25). The van der Waals surface area contributed by atoms with Crippen molar-refractivity contribution in [2.45, 2.75) is 19.6 Å². The molecular formula is C21H24FN5. The molecule has 0 saturated carbocycles. The van der Waals surface area contributed by atoms with Gasteiger partial charge in [0.15, 0.2) is 5.96 Å². The van der Waals surface area contributed by atoms with Crippen LogP contribution in [0.5, 0.6) is 0 Å². The van der Waals surface area contributed by atoms with Crippen molar-refractivity contribution < 1.29 is 4.39 Å². The van der Waals surface area contributed by atoms with Crippen LogP contribution in [0.15, 0.2) is 72.0 Å². The molecule has 0 aliphatic rings. The van der Waals surface area contributed by atoms with E-state index in [0.717, 1.165) is 23.9 Å². The van der Waals surface area contributed by atoms with Gasteiger partial charge in [0.25, 0.3) is 0 Å². The van der Waals surface area contributed by atoms with Gasteiger partial charge in [-0.25, -0.2) is 9.37 Å². The van der Waals surface area contributed by atoms with E-state index in [1.165, 1.54) is 17.7 Å². The van der Waals surface area contributed by atoms with Crippen molar-refractivity contribution in [2.75, 3.05) is 14.1 Å². The zero-order chi connectivity index (χ0) is 19.1. The molecule has 0 spiro atoms. The molecule has 6 heteroatoms. The van der Waals surface area contributed by atoms with Crippen molar-refractivity contribution in [3.05, 3.63) is 89.8 Å². The fraction of sp³-hybridized carbons (Fsp3) is 0.238. The molecule has 0 fully saturated rings. The third kappa shape index (κ3) is 5.17. The van der Waals surface area contributed by atoms with Gasteiger partial charge >= 0.3 is 0 Å². The van der Waals surface area contributed by atoms with Crippen molar-refractivity contribution in [2.24, 2.45) is 4.99 Å². The zero-order valence-electron chi connectivity index (χ0n) is 15.6. The lowest BCUT2D eigenvalue weighted by molar-refractivity contribution is 0.472. The normalized spacial score (nSPS) is 11.4. The predicted octanol–water partition coefficient (Wildman–Crippen LogP) is 3.28. The molecule has 5 nitrogen and oxygen atoms in total. The summed E-state index contributed by atoms with van der Waals surface area (Å²) in [6, 6.07) is 16.9. The van der Waals surface area contributed by atoms with Gasteiger partial charge in [-0.1, -0.05) is 42.5 Å². The smallest absolute Gasteiger partial charge is 0.194 e. The topological polar surface area (TPSA) is 45.5 Å². The maximum Gasteiger partial charge on any atom is 0.194 e. The van der Waals surface area contributed by atoms with Crippen LogP contribution in [0, 0.1) is 5.82 Å². The van der Waals surface area contributed by atoms with Crippen LogP contribution in [0.4, 0.5) is 4.39 Å². The van der Waals surface area contributed by atoms with E-state index in [1.54, 1.807) is 19.3 Å². The number of nitrogens with zero attached hydrogens (tertiary/aromatic N) is 4. The summed E-state index contributed by atoms with van der Waals surface area (Å²) in [4.78, 5) is 10.7. The first-order valence-electron chi connectivity index (χ1n) is 8.86. The third-order valence-electron chi connectivity index (χ3n) is 4.28. The summed E-state index contributed by atoms with van der Waals surface area (Å²) in [5, 5.41) is 3.33. The number of hydrogen-bond acceptors (Lipinski definition) is 2. The van der Waals surface area contributed by atoms with E-state index < -0.39 is 0 Å². The molecule has 0 aliphatic carbocycles. The molecule has 0 aliphatic heterocycles. The number of aromatic nitrogens is 2. The van der Waals surface area contributed by atoms with Gasteiger partial charge in [-0.05, 0) is 23.3 Å². The maximum absolute atomic E-state index is 13.4. The van der Waals surface area contributed by atoms with E-state index in [2.05, 4.69) is 32.0 Å². The minimum Gasteiger partial charge on any atom is -0.349 e. The minimum atomic E-state index is -0.230. The van der Waals surface area contributed by atoms with Crippen molar-refractivity contribution in [1.29, 1.82) is 0 Å². The highest BCUT2D eigenvalue weighted by Gasteiger charge is 2.09. The van der Waals surface area contributed by atoms with E-state index >= 15 is 0 Å². The third-order valence-corrected chi connectivity index (χ3v) is 4.28. The summed E-state index contributed by atoms with van der Waals surface area (Å²) in [7, 11) is 3.66. The Morgan fingerprint density at radius 1 is 1.15 bits per heavy atom. The number of guanidine groups is 1. The van der Waals surface area contributed by atoms with Crippen LogP contribution in [0.3, 0.4) is 0 Å². The molecule has 1 N–H and O–H groups in total. The van der Waals surface area contributed by atoms with Gasteiger partial charge in [0.1, 0.15) is 11.6 Å². The van der Waals surface area contributed by atoms with Crippen LogP contribution in [-0.2, 0) is 19.6 Å². The highest BCUT2D eigenvalue weighted by Crippen LogP contribution is 2.08. The average Bonchev–Trinajstić information content (AvgIpc) is 3.10. The minimum absolute atomic E-state index is 0.230. The Kier molecular flexibility index (Phi) is 6.20. The Labute approximate surface area is 159 Å². The summed E-state index contributed by atoms with van der Waals surface area (Å²) in [6.07, 6.45) is 3.78. The lowest BCUT2D eigenvalue weighted by atomic mass is 10.2. The lowest BCUT2D eigenvalue weighted by Crippen LogP contribution is -2.38. The largest absolute Gasteiger partial charge is 0.349 e. The summed E-state index contributed by atoms with van der Waals surface area (Å²) in [6.45, 7) is 1.89. The number of aliphatic imine (C=N–C) groups is 1. The second-order valence-corrected chi connectivity index (χ2v) is 6.34. The van der Waals surface area contributed by atoms with Crippen LogP contribution >= 0.6 is 0 Å². The number of imidazole rings is 1. The molecule has 0 atom stereocenters. The van der Waals surface area contributed by atoms with Crippen molar-refractivity contribution in [3.63, 3.8) is 0 Å². The first-order valence-corrected chi connectivity index (χ1v) is 8.86. The second kappa shape index (κ2) is 8.98. The molecule has 3 rings (SSSR count). The van der Waals surface area contributed by atoms with E-state index in [1.807, 2.05) is 42.4 Å². The summed E-state index contributed by atoms with van der Waals surface area (Å²) in [5.74, 6) is 1.43. The van der Waals surface area contributed by atoms with Crippen LogP contribution in [0.25, 0.3) is 0 Å². The quantitative estimate of drug-likeness (QED) is 0.539. The maximum atomic E-state index is 13.4. The highest BCUT2D eigenvalue weighted by atomic mass is 19.1. The average molecular weight is 365 g/mol. The van der Waals surface area contributed by atoms with Crippen LogP contribution < -0.4 is 5.32 Å². The molecule has 0 saturated heterocycles. The molecule has 2 aromatic carbocycles. The zero-order valence-corrected chi connectivity index (χ0v) is 15.6. The van der Waals surface area contributed by atoms with E-state index in [-0.39, 0.29) is 5.82 Å². The fourth-order valence-corrected chi connectivity index (χ4v) is 2.96. The van der Waals surface area contributed by atoms with Gasteiger partial charge in [-0.2, -0.15) is 0 Å². The molecule has 27 heavy (non-hydrogen) atoms. The van der Waals surface area contributed by atoms with E-state index in [9.17, 15) is 4.39 Å². The molecule has 0 unspecified atom stereocenters. The first kappa shape index (κ1) is 18.6. The SMILES string of the molecule is CN=C(NCc1nccn1Cc1ccccc1)N(C)Cc1cccc(F)c1. The predicted molar refractivity (Wildman–Crippen MR) is 106 cm³/mol. The Bertz CT molecular complexity index is 888. The Morgan fingerprint density at radius 2 is 1.93 bits per heavy atom. The van der Waals surface area contributed by atoms with Crippen molar-refractivity contribution in [3.8, 4) is 0 Å². The number of hydrogen-bond donors (Lipinski definition) is 1. The molecule has 0 radical (unpaired) electrons. The monoisotopic (exact) mass is 365 g/mol. The summed E-state index contributed by atoms with van der Waals surface area (Å²) >= 11 is 0. The van der Waals surface area contributed by atoms with Crippen LogP contribution in [0.2, 0.25) is 0 Å². The fourth-order valence-electron chi connectivity index (χ4n) is 2.96. The van der Waals surface area contributed by atoms with Gasteiger partial charge in [-0.15, -0.1) is 0 Å². The van der Waals surface area contributed by atoms with E-state index in [0.29, 0.717) is 13.1 Å². The molecule has 1 heterocycles. The van der Waals surface area contributed by atoms with Gasteiger partial charge in [0.2, 0.25) is 0 Å². The van der Waals surface area contributed by atoms with Gasteiger partial charge in [0, 0.05) is 39.6 Å². The lowest BCUT2D eigenvalue weighted by Gasteiger charge is -2.22. The van der Waals surface area contributed by atoms with E-state index in [4.69, 9.17) is 0 Å². The summed E-state index contributed by atoms with van der Waals surface area (Å²) < 4.78 is 15.5. The number of rotatable bonds is 6. The van der Waals surface area contributed by atoms with Gasteiger partial charge in [-0.3, -0.25) is 4.99 Å². The molecule has 1 aromatic heterocycles. The van der Waals surface area contributed by atoms with Crippen molar-refractivity contribution in [1.82, 2.24) is 19.8 Å². The molecule has 3 aromatic rings. The first-order chi connectivity index (χ1) is 13.2. The van der Waals surface area contributed by atoms with Gasteiger partial charge < -0.3 is 14.8 Å². The van der Waals surface area contributed by atoms with Crippen LogP contribution in [-0.4, -0.2) is 34.5 Å². The number of benzene rings is 2. The summed E-state index contributed by atoms with van der Waals surface area (Å²) in [5.41, 5.74) is 2.12. The number of halogens is 1. The number of nitrogens with one attached hydrogen (secondary N) is 1. The van der Waals surface area contributed by atoms with Crippen LogP contribution in [0.1, 0.15) is 17.0 Å². The molecule has 140 valence electrons. The second-order valence-electron chi connectivity index (χ2n) is 6.34. The molecule has 0 bridgehead atoms. The Hall–Kier alpha value is -3.15. The molecular weight excluding hydrogens is 341 g/mol. The Balaban J connectivity index is 1.61.